The molecular formula is C14H25N5O. The molecule has 1 aliphatic rings. The van der Waals surface area contributed by atoms with Gasteiger partial charge in [0, 0.05) is 37.9 Å². The third kappa shape index (κ3) is 4.05. The lowest BCUT2D eigenvalue weighted by molar-refractivity contribution is 0.252. The highest BCUT2D eigenvalue weighted by molar-refractivity contribution is 5.34. The standard InChI is InChI=1S/C14H25N5O/c1-12-11-13(20-2)17-14(16-12)19-9-7-18(8-10-19)6-4-3-5-15/h11H,3-10,15H2,1-2H3. The van der Waals surface area contributed by atoms with Crippen LogP contribution in [-0.2, 0) is 0 Å². The summed E-state index contributed by atoms with van der Waals surface area (Å²) in [6, 6.07) is 1.85. The quantitative estimate of drug-likeness (QED) is 0.771. The van der Waals surface area contributed by atoms with Gasteiger partial charge in [0.15, 0.2) is 0 Å². The normalized spacial score (nSPS) is 16.4. The van der Waals surface area contributed by atoms with Crippen LogP contribution in [0.2, 0.25) is 0 Å². The fourth-order valence-electron chi connectivity index (χ4n) is 2.42. The van der Waals surface area contributed by atoms with Gasteiger partial charge in [-0.25, -0.2) is 4.98 Å². The zero-order chi connectivity index (χ0) is 14.4. The van der Waals surface area contributed by atoms with Crippen LogP contribution in [0.3, 0.4) is 0 Å². The van der Waals surface area contributed by atoms with Gasteiger partial charge >= 0.3 is 0 Å². The van der Waals surface area contributed by atoms with Crippen molar-refractivity contribution in [2.24, 2.45) is 5.73 Å². The lowest BCUT2D eigenvalue weighted by Gasteiger charge is -2.34. The molecule has 1 aliphatic heterocycles. The summed E-state index contributed by atoms with van der Waals surface area (Å²) in [7, 11) is 1.64. The average molecular weight is 279 g/mol. The topological polar surface area (TPSA) is 67.5 Å². The molecule has 1 fully saturated rings. The van der Waals surface area contributed by atoms with Gasteiger partial charge in [0.2, 0.25) is 11.8 Å². The molecule has 0 aliphatic carbocycles. The van der Waals surface area contributed by atoms with Gasteiger partial charge in [-0.15, -0.1) is 0 Å². The fraction of sp³-hybridized carbons (Fsp3) is 0.714. The summed E-state index contributed by atoms with van der Waals surface area (Å²) < 4.78 is 5.21. The Kier molecular flexibility index (Phi) is 5.55. The number of nitrogens with two attached hydrogens (primary N) is 1. The Morgan fingerprint density at radius 2 is 1.95 bits per heavy atom. The van der Waals surface area contributed by atoms with Crippen molar-refractivity contribution in [3.63, 3.8) is 0 Å². The maximum atomic E-state index is 5.53. The molecule has 0 amide bonds. The first-order valence-corrected chi connectivity index (χ1v) is 7.30. The molecule has 0 radical (unpaired) electrons. The Bertz CT molecular complexity index is 418. The highest BCUT2D eigenvalue weighted by atomic mass is 16.5. The van der Waals surface area contributed by atoms with Crippen LogP contribution in [0.5, 0.6) is 5.88 Å². The molecule has 0 aromatic carbocycles. The second-order valence-electron chi connectivity index (χ2n) is 5.18. The van der Waals surface area contributed by atoms with Gasteiger partial charge < -0.3 is 15.4 Å². The monoisotopic (exact) mass is 279 g/mol. The predicted octanol–water partition coefficient (Wildman–Crippen LogP) is 0.655. The number of aryl methyl sites for hydroxylation is 1. The van der Waals surface area contributed by atoms with Crippen LogP contribution in [0.1, 0.15) is 18.5 Å². The van der Waals surface area contributed by atoms with Crippen LogP contribution >= 0.6 is 0 Å². The van der Waals surface area contributed by atoms with Gasteiger partial charge in [-0.3, -0.25) is 4.90 Å². The van der Waals surface area contributed by atoms with Crippen molar-refractivity contribution in [3.05, 3.63) is 11.8 Å². The van der Waals surface area contributed by atoms with E-state index in [9.17, 15) is 0 Å². The molecule has 2 rings (SSSR count). The SMILES string of the molecule is COc1cc(C)nc(N2CCN(CCCCN)CC2)n1. The largest absolute Gasteiger partial charge is 0.481 e. The number of anilines is 1. The molecular weight excluding hydrogens is 254 g/mol. The van der Waals surface area contributed by atoms with Crippen LogP contribution in [0, 0.1) is 6.92 Å². The van der Waals surface area contributed by atoms with E-state index in [0.29, 0.717) is 5.88 Å². The van der Waals surface area contributed by atoms with E-state index < -0.39 is 0 Å². The Labute approximate surface area is 120 Å². The zero-order valence-electron chi connectivity index (χ0n) is 12.5. The van der Waals surface area contributed by atoms with Gasteiger partial charge in [0.1, 0.15) is 0 Å². The zero-order valence-corrected chi connectivity index (χ0v) is 12.5. The number of piperazine rings is 1. The second-order valence-corrected chi connectivity index (χ2v) is 5.18. The summed E-state index contributed by atoms with van der Waals surface area (Å²) in [5.74, 6) is 1.42. The van der Waals surface area contributed by atoms with Crippen LogP contribution in [0.15, 0.2) is 6.07 Å². The number of hydrogen-bond donors (Lipinski definition) is 1. The third-order valence-corrected chi connectivity index (χ3v) is 3.61. The van der Waals surface area contributed by atoms with Crippen molar-refractivity contribution in [2.75, 3.05) is 51.3 Å². The molecule has 6 nitrogen and oxygen atoms in total. The van der Waals surface area contributed by atoms with Gasteiger partial charge in [0.25, 0.3) is 0 Å². The number of hydrogen-bond acceptors (Lipinski definition) is 6. The molecule has 1 saturated heterocycles. The Morgan fingerprint density at radius 3 is 2.60 bits per heavy atom. The summed E-state index contributed by atoms with van der Waals surface area (Å²) in [4.78, 5) is 13.7. The smallest absolute Gasteiger partial charge is 0.228 e. The molecule has 0 saturated carbocycles. The molecule has 0 atom stereocenters. The molecule has 20 heavy (non-hydrogen) atoms. The van der Waals surface area contributed by atoms with Crippen molar-refractivity contribution in [1.82, 2.24) is 14.9 Å². The third-order valence-electron chi connectivity index (χ3n) is 3.61. The lowest BCUT2D eigenvalue weighted by Crippen LogP contribution is -2.47. The molecule has 1 aromatic heterocycles. The van der Waals surface area contributed by atoms with E-state index in [1.807, 2.05) is 13.0 Å². The number of ether oxygens (including phenoxy) is 1. The molecule has 0 unspecified atom stereocenters. The van der Waals surface area contributed by atoms with E-state index in [4.69, 9.17) is 10.5 Å². The number of unbranched alkanes of at least 4 members (excludes halogenated alkanes) is 1. The van der Waals surface area contributed by atoms with Gasteiger partial charge in [-0.05, 0) is 32.9 Å². The van der Waals surface area contributed by atoms with Crippen molar-refractivity contribution in [2.45, 2.75) is 19.8 Å². The summed E-state index contributed by atoms with van der Waals surface area (Å²) in [5.41, 5.74) is 6.47. The minimum absolute atomic E-state index is 0.637. The summed E-state index contributed by atoms with van der Waals surface area (Å²) in [6.45, 7) is 7.95. The molecule has 6 heteroatoms. The van der Waals surface area contributed by atoms with Crippen LogP contribution in [0.25, 0.3) is 0 Å². The van der Waals surface area contributed by atoms with Crippen molar-refractivity contribution in [1.29, 1.82) is 0 Å². The van der Waals surface area contributed by atoms with Gasteiger partial charge in [0.05, 0.1) is 7.11 Å². The van der Waals surface area contributed by atoms with E-state index in [2.05, 4.69) is 19.8 Å². The van der Waals surface area contributed by atoms with Crippen molar-refractivity contribution in [3.8, 4) is 5.88 Å². The maximum Gasteiger partial charge on any atom is 0.228 e. The Morgan fingerprint density at radius 1 is 1.20 bits per heavy atom. The molecule has 2 N–H and O–H groups in total. The summed E-state index contributed by atoms with van der Waals surface area (Å²) in [6.07, 6.45) is 2.30. The van der Waals surface area contributed by atoms with Crippen LogP contribution in [-0.4, -0.2) is 61.2 Å². The maximum absolute atomic E-state index is 5.53. The molecule has 0 spiro atoms. The molecule has 112 valence electrons. The van der Waals surface area contributed by atoms with E-state index in [1.54, 1.807) is 7.11 Å². The first-order valence-electron chi connectivity index (χ1n) is 7.30. The number of nitrogens with zero attached hydrogens (tertiary/aromatic N) is 4. The van der Waals surface area contributed by atoms with E-state index >= 15 is 0 Å². The average Bonchev–Trinajstić information content (AvgIpc) is 2.47. The van der Waals surface area contributed by atoms with Crippen molar-refractivity contribution < 1.29 is 4.74 Å². The molecule has 1 aromatic rings. The predicted molar refractivity (Wildman–Crippen MR) is 80.3 cm³/mol. The highest BCUT2D eigenvalue weighted by Crippen LogP contribution is 2.16. The minimum atomic E-state index is 0.637. The fourth-order valence-corrected chi connectivity index (χ4v) is 2.42. The Balaban J connectivity index is 1.88. The first kappa shape index (κ1) is 15.0. The number of aromatic nitrogens is 2. The van der Waals surface area contributed by atoms with Crippen LogP contribution in [0.4, 0.5) is 5.95 Å². The van der Waals surface area contributed by atoms with Crippen molar-refractivity contribution >= 4 is 5.95 Å². The van der Waals surface area contributed by atoms with Gasteiger partial charge in [-0.2, -0.15) is 4.98 Å². The minimum Gasteiger partial charge on any atom is -0.481 e. The number of methoxy groups -OCH3 is 1. The molecule has 2 heterocycles. The molecule has 0 bridgehead atoms. The van der Waals surface area contributed by atoms with E-state index in [-0.39, 0.29) is 0 Å². The van der Waals surface area contributed by atoms with E-state index in [1.165, 1.54) is 6.42 Å². The van der Waals surface area contributed by atoms with E-state index in [0.717, 1.165) is 57.3 Å². The summed E-state index contributed by atoms with van der Waals surface area (Å²) in [5, 5.41) is 0. The highest BCUT2D eigenvalue weighted by Gasteiger charge is 2.19. The summed E-state index contributed by atoms with van der Waals surface area (Å²) >= 11 is 0. The lowest BCUT2D eigenvalue weighted by atomic mass is 10.2. The first-order chi connectivity index (χ1) is 9.72. The Hall–Kier alpha value is -1.40. The number of rotatable bonds is 6. The second kappa shape index (κ2) is 7.40. The van der Waals surface area contributed by atoms with Crippen LogP contribution < -0.4 is 15.4 Å². The van der Waals surface area contributed by atoms with Gasteiger partial charge in [-0.1, -0.05) is 0 Å².